The largest absolute Gasteiger partial charge is 0.303 e. The molecule has 0 spiro atoms. The molecule has 17 heavy (non-hydrogen) atoms. The quantitative estimate of drug-likeness (QED) is 0.692. The number of hydrogen-bond acceptors (Lipinski definition) is 3. The van der Waals surface area contributed by atoms with Crippen LogP contribution in [0.1, 0.15) is 52.4 Å². The molecule has 1 rings (SSSR count). The number of nitrogens with zero attached hydrogens (tertiary/aromatic N) is 2. The molecule has 0 aromatic carbocycles. The smallest absolute Gasteiger partial charge is 0.103 e. The predicted octanol–water partition coefficient (Wildman–Crippen LogP) is 2.53. The SMILES string of the molecule is CCC1CCCN1CCCCC(C)(C#N)NC. The van der Waals surface area contributed by atoms with Crippen molar-refractivity contribution in [1.29, 1.82) is 5.26 Å². The molecule has 0 bridgehead atoms. The molecule has 2 atom stereocenters. The Hall–Kier alpha value is -0.590. The Morgan fingerprint density at radius 2 is 2.24 bits per heavy atom. The van der Waals surface area contributed by atoms with Crippen LogP contribution >= 0.6 is 0 Å². The lowest BCUT2D eigenvalue weighted by Crippen LogP contribution is -2.38. The van der Waals surface area contributed by atoms with E-state index >= 15 is 0 Å². The number of likely N-dealkylation sites (tertiary alicyclic amines) is 1. The van der Waals surface area contributed by atoms with E-state index in [-0.39, 0.29) is 5.54 Å². The van der Waals surface area contributed by atoms with E-state index in [1.807, 2.05) is 14.0 Å². The summed E-state index contributed by atoms with van der Waals surface area (Å²) in [5, 5.41) is 12.2. The van der Waals surface area contributed by atoms with Gasteiger partial charge in [0.1, 0.15) is 5.54 Å². The second-order valence-corrected chi connectivity index (χ2v) is 5.39. The van der Waals surface area contributed by atoms with Gasteiger partial charge in [-0.2, -0.15) is 5.26 Å². The summed E-state index contributed by atoms with van der Waals surface area (Å²) in [4.78, 5) is 2.63. The summed E-state index contributed by atoms with van der Waals surface area (Å²) < 4.78 is 0. The Morgan fingerprint density at radius 3 is 2.82 bits per heavy atom. The van der Waals surface area contributed by atoms with Gasteiger partial charge < -0.3 is 10.2 Å². The third-order valence-electron chi connectivity index (χ3n) is 4.14. The van der Waals surface area contributed by atoms with Gasteiger partial charge in [-0.15, -0.1) is 0 Å². The highest BCUT2D eigenvalue weighted by Gasteiger charge is 2.23. The van der Waals surface area contributed by atoms with Crippen LogP contribution in [0.3, 0.4) is 0 Å². The van der Waals surface area contributed by atoms with Crippen molar-refractivity contribution in [3.63, 3.8) is 0 Å². The van der Waals surface area contributed by atoms with Crippen LogP contribution in [0.5, 0.6) is 0 Å². The van der Waals surface area contributed by atoms with Gasteiger partial charge in [-0.1, -0.05) is 6.92 Å². The number of nitriles is 1. The molecule has 0 aromatic heterocycles. The molecule has 1 aliphatic rings. The molecule has 0 aliphatic carbocycles. The standard InChI is InChI=1S/C14H27N3/c1-4-13-8-7-11-17(13)10-6-5-9-14(2,12-15)16-3/h13,16H,4-11H2,1-3H3. The first-order valence-corrected chi connectivity index (χ1v) is 6.99. The molecular weight excluding hydrogens is 210 g/mol. The predicted molar refractivity (Wildman–Crippen MR) is 71.8 cm³/mol. The minimum Gasteiger partial charge on any atom is -0.303 e. The van der Waals surface area contributed by atoms with E-state index < -0.39 is 0 Å². The van der Waals surface area contributed by atoms with Gasteiger partial charge in [0.2, 0.25) is 0 Å². The van der Waals surface area contributed by atoms with Gasteiger partial charge in [-0.05, 0) is 65.6 Å². The van der Waals surface area contributed by atoms with Crippen molar-refractivity contribution in [2.45, 2.75) is 64.0 Å². The monoisotopic (exact) mass is 237 g/mol. The Labute approximate surface area is 106 Å². The Kier molecular flexibility index (Phi) is 5.94. The van der Waals surface area contributed by atoms with E-state index in [9.17, 15) is 0 Å². The van der Waals surface area contributed by atoms with Crippen molar-refractivity contribution >= 4 is 0 Å². The summed E-state index contributed by atoms with van der Waals surface area (Å²) in [6, 6.07) is 3.17. The topological polar surface area (TPSA) is 39.1 Å². The van der Waals surface area contributed by atoms with Crippen molar-refractivity contribution < 1.29 is 0 Å². The van der Waals surface area contributed by atoms with Crippen molar-refractivity contribution in [3.8, 4) is 6.07 Å². The first kappa shape index (κ1) is 14.5. The molecule has 1 heterocycles. The summed E-state index contributed by atoms with van der Waals surface area (Å²) in [6.07, 6.45) is 7.33. The highest BCUT2D eigenvalue weighted by Crippen LogP contribution is 2.21. The van der Waals surface area contributed by atoms with Gasteiger partial charge in [-0.25, -0.2) is 0 Å². The summed E-state index contributed by atoms with van der Waals surface area (Å²) in [7, 11) is 1.87. The summed E-state index contributed by atoms with van der Waals surface area (Å²) in [5.74, 6) is 0. The molecule has 1 N–H and O–H groups in total. The molecule has 0 saturated carbocycles. The number of unbranched alkanes of at least 4 members (excludes halogenated alkanes) is 1. The third kappa shape index (κ3) is 4.29. The fraction of sp³-hybridized carbons (Fsp3) is 0.929. The first-order valence-electron chi connectivity index (χ1n) is 6.99. The Bertz CT molecular complexity index is 259. The Balaban J connectivity index is 2.18. The molecule has 0 amide bonds. The average Bonchev–Trinajstić information content (AvgIpc) is 2.81. The summed E-state index contributed by atoms with van der Waals surface area (Å²) in [5.41, 5.74) is -0.338. The van der Waals surface area contributed by atoms with Crippen molar-refractivity contribution in [3.05, 3.63) is 0 Å². The van der Waals surface area contributed by atoms with Gasteiger partial charge in [0.25, 0.3) is 0 Å². The summed E-state index contributed by atoms with van der Waals surface area (Å²) >= 11 is 0. The molecule has 98 valence electrons. The van der Waals surface area contributed by atoms with E-state index in [4.69, 9.17) is 5.26 Å². The van der Waals surface area contributed by atoms with Crippen LogP contribution in [-0.2, 0) is 0 Å². The fourth-order valence-corrected chi connectivity index (χ4v) is 2.68. The summed E-state index contributed by atoms with van der Waals surface area (Å²) in [6.45, 7) is 6.76. The van der Waals surface area contributed by atoms with Crippen molar-refractivity contribution in [2.24, 2.45) is 0 Å². The molecule has 1 fully saturated rings. The minimum absolute atomic E-state index is 0.338. The van der Waals surface area contributed by atoms with E-state index in [2.05, 4.69) is 23.2 Å². The zero-order chi connectivity index (χ0) is 12.7. The zero-order valence-corrected chi connectivity index (χ0v) is 11.6. The van der Waals surface area contributed by atoms with Crippen molar-refractivity contribution in [2.75, 3.05) is 20.1 Å². The molecular formula is C14H27N3. The van der Waals surface area contributed by atoms with Gasteiger partial charge in [0.05, 0.1) is 6.07 Å². The average molecular weight is 237 g/mol. The third-order valence-corrected chi connectivity index (χ3v) is 4.14. The van der Waals surface area contributed by atoms with Crippen LogP contribution in [-0.4, -0.2) is 36.6 Å². The molecule has 2 unspecified atom stereocenters. The molecule has 1 aliphatic heterocycles. The maximum atomic E-state index is 9.05. The van der Waals surface area contributed by atoms with Crippen LogP contribution in [0.25, 0.3) is 0 Å². The zero-order valence-electron chi connectivity index (χ0n) is 11.6. The fourth-order valence-electron chi connectivity index (χ4n) is 2.68. The second kappa shape index (κ2) is 6.98. The van der Waals surface area contributed by atoms with E-state index in [1.54, 1.807) is 0 Å². The van der Waals surface area contributed by atoms with Crippen LogP contribution in [0.15, 0.2) is 0 Å². The molecule has 3 nitrogen and oxygen atoms in total. The van der Waals surface area contributed by atoms with Crippen molar-refractivity contribution in [1.82, 2.24) is 10.2 Å². The lowest BCUT2D eigenvalue weighted by atomic mass is 9.97. The molecule has 0 aromatic rings. The number of rotatable bonds is 7. The normalized spacial score (nSPS) is 24.5. The van der Waals surface area contributed by atoms with Crippen LogP contribution in [0.2, 0.25) is 0 Å². The maximum absolute atomic E-state index is 9.05. The molecule has 0 radical (unpaired) electrons. The first-order chi connectivity index (χ1) is 8.15. The molecule has 1 saturated heterocycles. The minimum atomic E-state index is -0.338. The van der Waals surface area contributed by atoms with E-state index in [0.717, 1.165) is 18.9 Å². The van der Waals surface area contributed by atoms with E-state index in [0.29, 0.717) is 0 Å². The Morgan fingerprint density at radius 1 is 1.47 bits per heavy atom. The highest BCUT2D eigenvalue weighted by atomic mass is 15.2. The maximum Gasteiger partial charge on any atom is 0.103 e. The van der Waals surface area contributed by atoms with Crippen LogP contribution in [0.4, 0.5) is 0 Å². The lowest BCUT2D eigenvalue weighted by molar-refractivity contribution is 0.240. The number of nitrogens with one attached hydrogen (secondary N) is 1. The van der Waals surface area contributed by atoms with Crippen LogP contribution < -0.4 is 5.32 Å². The van der Waals surface area contributed by atoms with Crippen LogP contribution in [0, 0.1) is 11.3 Å². The molecule has 3 heteroatoms. The highest BCUT2D eigenvalue weighted by molar-refractivity contribution is 5.02. The number of hydrogen-bond donors (Lipinski definition) is 1. The van der Waals surface area contributed by atoms with Gasteiger partial charge in [0.15, 0.2) is 0 Å². The van der Waals surface area contributed by atoms with E-state index in [1.165, 1.54) is 38.8 Å². The van der Waals surface area contributed by atoms with Gasteiger partial charge >= 0.3 is 0 Å². The van der Waals surface area contributed by atoms with Gasteiger partial charge in [-0.3, -0.25) is 0 Å². The lowest BCUT2D eigenvalue weighted by Gasteiger charge is -2.24. The second-order valence-electron chi connectivity index (χ2n) is 5.39. The van der Waals surface area contributed by atoms with Gasteiger partial charge in [0, 0.05) is 6.04 Å².